The summed E-state index contributed by atoms with van der Waals surface area (Å²) < 4.78 is 27.2. The average Bonchev–Trinajstić information content (AvgIpc) is 2.94. The number of aryl methyl sites for hydroxylation is 2. The van der Waals surface area contributed by atoms with Crippen molar-refractivity contribution < 1.29 is 8.42 Å². The number of aromatic nitrogens is 2. The first kappa shape index (κ1) is 13.8. The van der Waals surface area contributed by atoms with Gasteiger partial charge in [-0.25, -0.2) is 18.4 Å². The molecule has 0 fully saturated rings. The lowest BCUT2D eigenvalue weighted by Gasteiger charge is -2.09. The Balaban J connectivity index is 1.85. The van der Waals surface area contributed by atoms with Crippen molar-refractivity contribution in [2.75, 3.05) is 17.1 Å². The Hall–Kier alpha value is -2.15. The van der Waals surface area contributed by atoms with Crippen LogP contribution in [0.15, 0.2) is 35.5 Å². The van der Waals surface area contributed by atoms with Crippen LogP contribution in [0.5, 0.6) is 0 Å². The number of hydrogen-bond donors (Lipinski definition) is 2. The summed E-state index contributed by atoms with van der Waals surface area (Å²) in [4.78, 5) is 7.89. The van der Waals surface area contributed by atoms with Gasteiger partial charge in [-0.1, -0.05) is 6.07 Å². The van der Waals surface area contributed by atoms with Gasteiger partial charge in [0, 0.05) is 12.7 Å². The fraction of sp³-hybridized carbons (Fsp3) is 0.286. The summed E-state index contributed by atoms with van der Waals surface area (Å²) in [6.45, 7) is 0. The van der Waals surface area contributed by atoms with Gasteiger partial charge in [0.1, 0.15) is 4.90 Å². The van der Waals surface area contributed by atoms with Gasteiger partial charge < -0.3 is 5.32 Å². The SMILES string of the molecule is CNc1ncc(S(=O)(=O)Nc2ccc3c(c2)CCC3)cn1. The summed E-state index contributed by atoms with van der Waals surface area (Å²) in [6, 6.07) is 5.69. The lowest BCUT2D eigenvalue weighted by atomic mass is 10.1. The number of rotatable bonds is 4. The Kier molecular flexibility index (Phi) is 3.50. The van der Waals surface area contributed by atoms with Crippen LogP contribution >= 0.6 is 0 Å². The second-order valence-electron chi connectivity index (χ2n) is 4.93. The molecule has 0 radical (unpaired) electrons. The molecular formula is C14H16N4O2S. The zero-order valence-corrected chi connectivity index (χ0v) is 12.4. The highest BCUT2D eigenvalue weighted by atomic mass is 32.2. The minimum absolute atomic E-state index is 0.0435. The van der Waals surface area contributed by atoms with E-state index in [1.54, 1.807) is 13.1 Å². The highest BCUT2D eigenvalue weighted by molar-refractivity contribution is 7.92. The Morgan fingerprint density at radius 3 is 2.52 bits per heavy atom. The van der Waals surface area contributed by atoms with E-state index in [-0.39, 0.29) is 4.90 Å². The molecule has 2 aromatic rings. The topological polar surface area (TPSA) is 84.0 Å². The lowest BCUT2D eigenvalue weighted by molar-refractivity contribution is 0.600. The molecule has 1 aliphatic carbocycles. The number of sulfonamides is 1. The van der Waals surface area contributed by atoms with Crippen molar-refractivity contribution in [1.29, 1.82) is 0 Å². The zero-order valence-electron chi connectivity index (χ0n) is 11.6. The average molecular weight is 304 g/mol. The molecule has 7 heteroatoms. The molecule has 0 aliphatic heterocycles. The minimum atomic E-state index is -3.66. The predicted octanol–water partition coefficient (Wildman–Crippen LogP) is 1.81. The molecule has 0 atom stereocenters. The summed E-state index contributed by atoms with van der Waals surface area (Å²) in [6.07, 6.45) is 5.78. The number of hydrogen-bond acceptors (Lipinski definition) is 5. The van der Waals surface area contributed by atoms with Crippen molar-refractivity contribution in [1.82, 2.24) is 9.97 Å². The number of benzene rings is 1. The molecule has 110 valence electrons. The van der Waals surface area contributed by atoms with Crippen LogP contribution in [0.25, 0.3) is 0 Å². The third-order valence-electron chi connectivity index (χ3n) is 3.51. The monoisotopic (exact) mass is 304 g/mol. The Labute approximate surface area is 123 Å². The van der Waals surface area contributed by atoms with Crippen LogP contribution in [0.4, 0.5) is 11.6 Å². The van der Waals surface area contributed by atoms with E-state index in [2.05, 4.69) is 20.0 Å². The molecule has 6 nitrogen and oxygen atoms in total. The number of anilines is 2. The summed E-state index contributed by atoms with van der Waals surface area (Å²) >= 11 is 0. The van der Waals surface area contributed by atoms with Gasteiger partial charge in [-0.3, -0.25) is 4.72 Å². The second kappa shape index (κ2) is 5.33. The van der Waals surface area contributed by atoms with Crippen molar-refractivity contribution in [2.45, 2.75) is 24.2 Å². The standard InChI is InChI=1S/C14H16N4O2S/c1-15-14-16-8-13(9-17-14)21(19,20)18-12-6-5-10-3-2-4-11(10)7-12/h5-9,18H,2-4H2,1H3,(H,15,16,17). The van der Waals surface area contributed by atoms with Gasteiger partial charge in [0.05, 0.1) is 12.4 Å². The first-order valence-electron chi connectivity index (χ1n) is 6.73. The van der Waals surface area contributed by atoms with Gasteiger partial charge in [0.2, 0.25) is 5.95 Å². The lowest BCUT2D eigenvalue weighted by Crippen LogP contribution is -2.14. The summed E-state index contributed by atoms with van der Waals surface area (Å²) in [5, 5.41) is 2.75. The molecule has 0 unspecified atom stereocenters. The van der Waals surface area contributed by atoms with Gasteiger partial charge in [0.15, 0.2) is 0 Å². The van der Waals surface area contributed by atoms with E-state index in [9.17, 15) is 8.42 Å². The van der Waals surface area contributed by atoms with Crippen molar-refractivity contribution in [3.8, 4) is 0 Å². The minimum Gasteiger partial charge on any atom is -0.357 e. The van der Waals surface area contributed by atoms with E-state index in [0.717, 1.165) is 19.3 Å². The molecule has 0 amide bonds. The molecule has 3 rings (SSSR count). The molecule has 0 saturated heterocycles. The van der Waals surface area contributed by atoms with E-state index >= 15 is 0 Å². The molecule has 0 bridgehead atoms. The van der Waals surface area contributed by atoms with E-state index in [1.165, 1.54) is 23.5 Å². The molecule has 1 heterocycles. The summed E-state index contributed by atoms with van der Waals surface area (Å²) in [7, 11) is -1.99. The summed E-state index contributed by atoms with van der Waals surface area (Å²) in [5.74, 6) is 0.381. The maximum atomic E-state index is 12.3. The Bertz CT molecular complexity index is 757. The van der Waals surface area contributed by atoms with Crippen LogP contribution < -0.4 is 10.0 Å². The highest BCUT2D eigenvalue weighted by Gasteiger charge is 2.17. The van der Waals surface area contributed by atoms with Gasteiger partial charge in [-0.05, 0) is 42.5 Å². The van der Waals surface area contributed by atoms with Crippen LogP contribution in [0.1, 0.15) is 17.5 Å². The summed E-state index contributed by atoms with van der Waals surface area (Å²) in [5.41, 5.74) is 3.10. The molecule has 2 N–H and O–H groups in total. The molecule has 0 saturated carbocycles. The smallest absolute Gasteiger partial charge is 0.264 e. The van der Waals surface area contributed by atoms with Crippen LogP contribution in [0.2, 0.25) is 0 Å². The maximum absolute atomic E-state index is 12.3. The van der Waals surface area contributed by atoms with Gasteiger partial charge >= 0.3 is 0 Å². The Morgan fingerprint density at radius 1 is 1.10 bits per heavy atom. The molecule has 21 heavy (non-hydrogen) atoms. The van der Waals surface area contributed by atoms with Gasteiger partial charge in [0.25, 0.3) is 10.0 Å². The van der Waals surface area contributed by atoms with E-state index in [4.69, 9.17) is 0 Å². The largest absolute Gasteiger partial charge is 0.357 e. The molecule has 0 spiro atoms. The van der Waals surface area contributed by atoms with Crippen LogP contribution in [-0.4, -0.2) is 25.4 Å². The molecule has 1 aromatic heterocycles. The first-order chi connectivity index (χ1) is 10.1. The third-order valence-corrected chi connectivity index (χ3v) is 4.85. The number of nitrogens with zero attached hydrogens (tertiary/aromatic N) is 2. The fourth-order valence-corrected chi connectivity index (χ4v) is 3.37. The molecule has 1 aliphatic rings. The first-order valence-corrected chi connectivity index (χ1v) is 8.21. The van der Waals surface area contributed by atoms with Crippen molar-refractivity contribution in [3.05, 3.63) is 41.7 Å². The molecule has 1 aromatic carbocycles. The molecular weight excluding hydrogens is 288 g/mol. The Morgan fingerprint density at radius 2 is 1.81 bits per heavy atom. The maximum Gasteiger partial charge on any atom is 0.264 e. The van der Waals surface area contributed by atoms with Crippen molar-refractivity contribution in [2.24, 2.45) is 0 Å². The van der Waals surface area contributed by atoms with Gasteiger partial charge in [-0.15, -0.1) is 0 Å². The van der Waals surface area contributed by atoms with Crippen molar-refractivity contribution >= 4 is 21.7 Å². The van der Waals surface area contributed by atoms with E-state index < -0.39 is 10.0 Å². The third kappa shape index (κ3) is 2.82. The van der Waals surface area contributed by atoms with Gasteiger partial charge in [-0.2, -0.15) is 0 Å². The number of nitrogens with one attached hydrogen (secondary N) is 2. The quantitative estimate of drug-likeness (QED) is 0.900. The van der Waals surface area contributed by atoms with Crippen LogP contribution in [0, 0.1) is 0 Å². The van der Waals surface area contributed by atoms with E-state index in [1.807, 2.05) is 12.1 Å². The fourth-order valence-electron chi connectivity index (χ4n) is 2.43. The second-order valence-corrected chi connectivity index (χ2v) is 6.62. The van der Waals surface area contributed by atoms with E-state index in [0.29, 0.717) is 11.6 Å². The zero-order chi connectivity index (χ0) is 14.9. The van der Waals surface area contributed by atoms with Crippen LogP contribution in [-0.2, 0) is 22.9 Å². The van der Waals surface area contributed by atoms with Crippen LogP contribution in [0.3, 0.4) is 0 Å². The number of fused-ring (bicyclic) bond motifs is 1. The highest BCUT2D eigenvalue weighted by Crippen LogP contribution is 2.26. The van der Waals surface area contributed by atoms with Crippen molar-refractivity contribution in [3.63, 3.8) is 0 Å². The normalized spacial score (nSPS) is 13.8. The predicted molar refractivity (Wildman–Crippen MR) is 80.9 cm³/mol.